The molecule has 0 aromatic carbocycles. The Morgan fingerprint density at radius 1 is 1.42 bits per heavy atom. The van der Waals surface area contributed by atoms with Crippen molar-refractivity contribution < 1.29 is 8.42 Å². The second-order valence-corrected chi connectivity index (χ2v) is 7.34. The molecule has 0 fully saturated rings. The predicted molar refractivity (Wildman–Crippen MR) is 79.8 cm³/mol. The zero-order valence-electron chi connectivity index (χ0n) is 10.1. The minimum absolute atomic E-state index is 0.257. The topological polar surface area (TPSA) is 71.1 Å². The molecule has 0 unspecified atom stereocenters. The molecule has 2 rings (SSSR count). The number of nitrogens with one attached hydrogen (secondary N) is 2. The lowest BCUT2D eigenvalue weighted by molar-refractivity contribution is 0.601. The Morgan fingerprint density at radius 2 is 2.21 bits per heavy atom. The summed E-state index contributed by atoms with van der Waals surface area (Å²) in [5.41, 5.74) is 0. The molecule has 0 radical (unpaired) electrons. The van der Waals surface area contributed by atoms with Crippen LogP contribution in [0.3, 0.4) is 0 Å². The molecule has 0 saturated carbocycles. The fraction of sp³-hybridized carbons (Fsp3) is 0.182. The van der Waals surface area contributed by atoms with E-state index in [1.165, 1.54) is 17.5 Å². The third-order valence-electron chi connectivity index (χ3n) is 2.26. The van der Waals surface area contributed by atoms with Gasteiger partial charge in [0.2, 0.25) is 0 Å². The van der Waals surface area contributed by atoms with Crippen molar-refractivity contribution in [2.75, 3.05) is 11.8 Å². The second-order valence-electron chi connectivity index (χ2n) is 3.75. The summed E-state index contributed by atoms with van der Waals surface area (Å²) in [6.45, 7) is 0.650. The second kappa shape index (κ2) is 6.00. The van der Waals surface area contributed by atoms with Gasteiger partial charge in [0, 0.05) is 27.5 Å². The van der Waals surface area contributed by atoms with E-state index in [4.69, 9.17) is 0 Å². The third kappa shape index (κ3) is 3.75. The van der Waals surface area contributed by atoms with E-state index in [0.717, 1.165) is 9.35 Å². The summed E-state index contributed by atoms with van der Waals surface area (Å²) in [7, 11) is -1.75. The summed E-state index contributed by atoms with van der Waals surface area (Å²) in [5.74, 6) is 0.296. The Balaban J connectivity index is 2.19. The average Bonchev–Trinajstić information content (AvgIpc) is 2.82. The van der Waals surface area contributed by atoms with E-state index < -0.39 is 10.0 Å². The van der Waals surface area contributed by atoms with E-state index in [0.29, 0.717) is 12.4 Å². The summed E-state index contributed by atoms with van der Waals surface area (Å²) in [6, 6.07) is 4.98. The molecule has 0 aliphatic heterocycles. The highest BCUT2D eigenvalue weighted by molar-refractivity contribution is 9.10. The first kappa shape index (κ1) is 14.4. The Morgan fingerprint density at radius 3 is 2.84 bits per heavy atom. The Hall–Kier alpha value is -0.960. The van der Waals surface area contributed by atoms with Crippen LogP contribution in [0, 0.1) is 0 Å². The number of anilines is 1. The minimum atomic E-state index is -3.57. The summed E-state index contributed by atoms with van der Waals surface area (Å²) < 4.78 is 27.5. The molecule has 2 N–H and O–H groups in total. The number of hydrogen-bond donors (Lipinski definition) is 2. The monoisotopic (exact) mass is 361 g/mol. The van der Waals surface area contributed by atoms with Gasteiger partial charge >= 0.3 is 0 Å². The number of hydrogen-bond acceptors (Lipinski definition) is 5. The standard InChI is InChI=1S/C11H12BrN3O2S2/c1-13-6-9-4-10(7-18-9)19(16,17)15-11-3-2-8(12)5-14-11/h2-5,7,13H,6H2,1H3,(H,14,15). The number of aromatic nitrogens is 1. The van der Waals surface area contributed by atoms with Gasteiger partial charge in [-0.25, -0.2) is 13.4 Å². The van der Waals surface area contributed by atoms with Crippen LogP contribution in [-0.4, -0.2) is 20.4 Å². The van der Waals surface area contributed by atoms with E-state index in [-0.39, 0.29) is 4.90 Å². The number of halogens is 1. The fourth-order valence-corrected chi connectivity index (χ4v) is 3.93. The molecule has 2 heterocycles. The van der Waals surface area contributed by atoms with Crippen molar-refractivity contribution in [1.82, 2.24) is 10.3 Å². The highest BCUT2D eigenvalue weighted by Crippen LogP contribution is 2.21. The van der Waals surface area contributed by atoms with Gasteiger partial charge in [0.1, 0.15) is 5.82 Å². The highest BCUT2D eigenvalue weighted by atomic mass is 79.9. The lowest BCUT2D eigenvalue weighted by Gasteiger charge is -2.05. The molecule has 5 nitrogen and oxygen atoms in total. The first-order valence-electron chi connectivity index (χ1n) is 5.37. The molecular formula is C11H12BrN3O2S2. The van der Waals surface area contributed by atoms with Crippen LogP contribution in [0.2, 0.25) is 0 Å². The van der Waals surface area contributed by atoms with Crippen LogP contribution in [0.15, 0.2) is 39.1 Å². The lowest BCUT2D eigenvalue weighted by Crippen LogP contribution is -2.13. The Kier molecular flexibility index (Phi) is 4.56. The third-order valence-corrected chi connectivity index (χ3v) is 5.15. The first-order chi connectivity index (χ1) is 9.01. The molecule has 0 saturated heterocycles. The molecule has 102 valence electrons. The normalized spacial score (nSPS) is 11.5. The van der Waals surface area contributed by atoms with Crippen molar-refractivity contribution in [2.45, 2.75) is 11.4 Å². The number of sulfonamides is 1. The van der Waals surface area contributed by atoms with Gasteiger partial charge in [0.25, 0.3) is 10.0 Å². The van der Waals surface area contributed by atoms with Gasteiger partial charge in [-0.2, -0.15) is 0 Å². The van der Waals surface area contributed by atoms with Crippen molar-refractivity contribution in [2.24, 2.45) is 0 Å². The van der Waals surface area contributed by atoms with Crippen LogP contribution < -0.4 is 10.0 Å². The summed E-state index contributed by atoms with van der Waals surface area (Å²) in [4.78, 5) is 5.21. The number of nitrogens with zero attached hydrogens (tertiary/aromatic N) is 1. The molecule has 2 aromatic rings. The Labute approximate surface area is 124 Å². The molecule has 8 heteroatoms. The van der Waals surface area contributed by atoms with Gasteiger partial charge < -0.3 is 5.32 Å². The molecule has 0 bridgehead atoms. The summed E-state index contributed by atoms with van der Waals surface area (Å²) >= 11 is 4.65. The molecule has 0 aliphatic carbocycles. The van der Waals surface area contributed by atoms with Crippen molar-refractivity contribution in [1.29, 1.82) is 0 Å². The molecular weight excluding hydrogens is 350 g/mol. The van der Waals surface area contributed by atoms with Gasteiger partial charge in [0.15, 0.2) is 0 Å². The van der Waals surface area contributed by atoms with Crippen molar-refractivity contribution >= 4 is 43.1 Å². The van der Waals surface area contributed by atoms with Crippen LogP contribution in [0.25, 0.3) is 0 Å². The molecule has 0 atom stereocenters. The summed E-state index contributed by atoms with van der Waals surface area (Å²) in [5, 5.41) is 4.60. The van der Waals surface area contributed by atoms with Gasteiger partial charge in [-0.3, -0.25) is 4.72 Å². The van der Waals surface area contributed by atoms with E-state index in [1.807, 2.05) is 7.05 Å². The van der Waals surface area contributed by atoms with Crippen LogP contribution in [0.1, 0.15) is 4.88 Å². The lowest BCUT2D eigenvalue weighted by atomic mass is 10.5. The van der Waals surface area contributed by atoms with E-state index in [2.05, 4.69) is 31.0 Å². The van der Waals surface area contributed by atoms with Crippen molar-refractivity contribution in [3.8, 4) is 0 Å². The average molecular weight is 362 g/mol. The molecule has 2 aromatic heterocycles. The molecule has 0 amide bonds. The number of rotatable bonds is 5. The summed E-state index contributed by atoms with van der Waals surface area (Å²) in [6.07, 6.45) is 1.54. The smallest absolute Gasteiger partial charge is 0.263 e. The molecule has 19 heavy (non-hydrogen) atoms. The maximum Gasteiger partial charge on any atom is 0.263 e. The van der Waals surface area contributed by atoms with Crippen LogP contribution in [0.5, 0.6) is 0 Å². The van der Waals surface area contributed by atoms with Gasteiger partial charge in [-0.1, -0.05) is 0 Å². The SMILES string of the molecule is CNCc1cc(S(=O)(=O)Nc2ccc(Br)cn2)cs1. The zero-order chi connectivity index (χ0) is 13.9. The van der Waals surface area contributed by atoms with Crippen molar-refractivity contribution in [3.63, 3.8) is 0 Å². The van der Waals surface area contributed by atoms with Crippen LogP contribution in [0.4, 0.5) is 5.82 Å². The maximum absolute atomic E-state index is 12.1. The number of thiophene rings is 1. The quantitative estimate of drug-likeness (QED) is 0.857. The Bertz CT molecular complexity index is 653. The zero-order valence-corrected chi connectivity index (χ0v) is 13.3. The van der Waals surface area contributed by atoms with Gasteiger partial charge in [-0.15, -0.1) is 11.3 Å². The van der Waals surface area contributed by atoms with Gasteiger partial charge in [-0.05, 0) is 41.2 Å². The molecule has 0 aliphatic rings. The highest BCUT2D eigenvalue weighted by Gasteiger charge is 2.16. The van der Waals surface area contributed by atoms with E-state index in [9.17, 15) is 8.42 Å². The maximum atomic E-state index is 12.1. The minimum Gasteiger partial charge on any atom is -0.315 e. The largest absolute Gasteiger partial charge is 0.315 e. The van der Waals surface area contributed by atoms with Crippen LogP contribution in [-0.2, 0) is 16.6 Å². The fourth-order valence-electron chi connectivity index (χ4n) is 1.40. The first-order valence-corrected chi connectivity index (χ1v) is 8.53. The van der Waals surface area contributed by atoms with Crippen LogP contribution >= 0.6 is 27.3 Å². The predicted octanol–water partition coefficient (Wildman–Crippen LogP) is 2.43. The van der Waals surface area contributed by atoms with E-state index in [1.54, 1.807) is 23.6 Å². The number of pyridine rings is 1. The van der Waals surface area contributed by atoms with Gasteiger partial charge in [0.05, 0.1) is 4.90 Å². The van der Waals surface area contributed by atoms with Crippen molar-refractivity contribution in [3.05, 3.63) is 39.1 Å². The molecule has 0 spiro atoms. The van der Waals surface area contributed by atoms with E-state index >= 15 is 0 Å².